The number of para-hydroxylation sites is 1. The Bertz CT molecular complexity index is 1000. The maximum absolute atomic E-state index is 12.4. The van der Waals surface area contributed by atoms with E-state index in [0.717, 1.165) is 28.1 Å². The second-order valence-corrected chi connectivity index (χ2v) is 6.69. The summed E-state index contributed by atoms with van der Waals surface area (Å²) in [5.41, 5.74) is 3.90. The smallest absolute Gasteiger partial charge is 0.287 e. The van der Waals surface area contributed by atoms with Gasteiger partial charge < -0.3 is 14.5 Å². The SMILES string of the molecule is Cc1cccc(OCc2nn(CC(=O)Nc3c(C)cccc3C)c(=S)o2)c1. The van der Waals surface area contributed by atoms with Crippen LogP contribution in [0.2, 0.25) is 0 Å². The zero-order chi connectivity index (χ0) is 19.4. The van der Waals surface area contributed by atoms with Gasteiger partial charge in [-0.1, -0.05) is 30.3 Å². The van der Waals surface area contributed by atoms with Crippen LogP contribution in [0.4, 0.5) is 5.69 Å². The minimum absolute atomic E-state index is 0.0272. The standard InChI is InChI=1S/C20H21N3O3S/c1-13-6-4-9-16(10-13)25-12-18-22-23(20(27)26-18)11-17(24)21-19-14(2)7-5-8-15(19)3/h4-10H,11-12H2,1-3H3,(H,21,24). The van der Waals surface area contributed by atoms with Crippen LogP contribution < -0.4 is 10.1 Å². The number of hydrogen-bond acceptors (Lipinski definition) is 5. The molecule has 0 bridgehead atoms. The topological polar surface area (TPSA) is 69.3 Å². The number of amides is 1. The number of hydrogen-bond donors (Lipinski definition) is 1. The molecule has 0 saturated carbocycles. The van der Waals surface area contributed by atoms with Crippen molar-refractivity contribution in [3.8, 4) is 5.75 Å². The first-order chi connectivity index (χ1) is 12.9. The largest absolute Gasteiger partial charge is 0.484 e. The van der Waals surface area contributed by atoms with Crippen molar-refractivity contribution < 1.29 is 13.9 Å². The average Bonchev–Trinajstić information content (AvgIpc) is 2.96. The average molecular weight is 383 g/mol. The molecule has 1 aromatic heterocycles. The first-order valence-corrected chi connectivity index (χ1v) is 8.95. The summed E-state index contributed by atoms with van der Waals surface area (Å²) in [6, 6.07) is 13.5. The second-order valence-electron chi connectivity index (χ2n) is 6.34. The molecule has 0 aliphatic heterocycles. The van der Waals surface area contributed by atoms with Crippen LogP contribution in [0.5, 0.6) is 5.75 Å². The van der Waals surface area contributed by atoms with Gasteiger partial charge in [-0.3, -0.25) is 4.79 Å². The maximum atomic E-state index is 12.4. The monoisotopic (exact) mass is 383 g/mol. The Balaban J connectivity index is 1.64. The molecule has 0 radical (unpaired) electrons. The molecule has 1 amide bonds. The third-order valence-electron chi connectivity index (χ3n) is 4.04. The predicted octanol–water partition coefficient (Wildman–Crippen LogP) is 4.35. The van der Waals surface area contributed by atoms with Gasteiger partial charge in [0.1, 0.15) is 12.3 Å². The van der Waals surface area contributed by atoms with Crippen molar-refractivity contribution in [3.63, 3.8) is 0 Å². The van der Waals surface area contributed by atoms with E-state index in [2.05, 4.69) is 10.4 Å². The summed E-state index contributed by atoms with van der Waals surface area (Å²) < 4.78 is 12.4. The van der Waals surface area contributed by atoms with E-state index in [-0.39, 0.29) is 23.9 Å². The van der Waals surface area contributed by atoms with Gasteiger partial charge in [-0.25, -0.2) is 4.68 Å². The van der Waals surface area contributed by atoms with Crippen molar-refractivity contribution in [2.45, 2.75) is 33.9 Å². The summed E-state index contributed by atoms with van der Waals surface area (Å²) in [5.74, 6) is 0.822. The molecular formula is C20H21N3O3S. The minimum Gasteiger partial charge on any atom is -0.484 e. The lowest BCUT2D eigenvalue weighted by molar-refractivity contribution is -0.117. The molecule has 0 atom stereocenters. The lowest BCUT2D eigenvalue weighted by Crippen LogP contribution is -2.20. The van der Waals surface area contributed by atoms with Crippen molar-refractivity contribution >= 4 is 23.8 Å². The molecule has 6 nitrogen and oxygen atoms in total. The van der Waals surface area contributed by atoms with Crippen LogP contribution in [-0.2, 0) is 17.9 Å². The first kappa shape index (κ1) is 18.8. The van der Waals surface area contributed by atoms with E-state index in [1.165, 1.54) is 4.68 Å². The van der Waals surface area contributed by atoms with Crippen molar-refractivity contribution in [2.24, 2.45) is 0 Å². The summed E-state index contributed by atoms with van der Waals surface area (Å²) in [7, 11) is 0. The highest BCUT2D eigenvalue weighted by Crippen LogP contribution is 2.19. The van der Waals surface area contributed by atoms with Gasteiger partial charge in [0.2, 0.25) is 5.91 Å². The normalized spacial score (nSPS) is 10.6. The number of benzene rings is 2. The number of aryl methyl sites for hydroxylation is 3. The van der Waals surface area contributed by atoms with Gasteiger partial charge in [0, 0.05) is 5.69 Å². The third-order valence-corrected chi connectivity index (χ3v) is 4.33. The van der Waals surface area contributed by atoms with Crippen LogP contribution in [-0.4, -0.2) is 15.7 Å². The Labute approximate surface area is 162 Å². The number of nitrogens with zero attached hydrogens (tertiary/aromatic N) is 2. The molecule has 1 heterocycles. The van der Waals surface area contributed by atoms with Crippen LogP contribution in [0.25, 0.3) is 0 Å². The van der Waals surface area contributed by atoms with Crippen LogP contribution in [0.1, 0.15) is 22.6 Å². The minimum atomic E-state index is -0.219. The van der Waals surface area contributed by atoms with Crippen LogP contribution >= 0.6 is 12.2 Å². The number of carbonyl (C=O) groups is 1. The molecule has 27 heavy (non-hydrogen) atoms. The fourth-order valence-corrected chi connectivity index (χ4v) is 2.89. The van der Waals surface area contributed by atoms with Gasteiger partial charge in [0.15, 0.2) is 6.61 Å². The molecule has 2 aromatic carbocycles. The Hall–Kier alpha value is -2.93. The van der Waals surface area contributed by atoms with Crippen molar-refractivity contribution in [3.05, 3.63) is 69.9 Å². The fourth-order valence-electron chi connectivity index (χ4n) is 2.68. The quantitative estimate of drug-likeness (QED) is 0.641. The van der Waals surface area contributed by atoms with Crippen molar-refractivity contribution in [1.29, 1.82) is 0 Å². The van der Waals surface area contributed by atoms with Crippen molar-refractivity contribution in [2.75, 3.05) is 5.32 Å². The molecule has 0 spiro atoms. The molecule has 3 aromatic rings. The second kappa shape index (κ2) is 8.18. The van der Waals surface area contributed by atoms with Gasteiger partial charge in [-0.15, -0.1) is 5.10 Å². The van der Waals surface area contributed by atoms with Crippen molar-refractivity contribution in [1.82, 2.24) is 9.78 Å². The first-order valence-electron chi connectivity index (χ1n) is 8.55. The van der Waals surface area contributed by atoms with E-state index in [0.29, 0.717) is 5.89 Å². The van der Waals surface area contributed by atoms with Gasteiger partial charge in [0.25, 0.3) is 10.7 Å². The van der Waals surface area contributed by atoms with E-state index in [1.807, 2.05) is 63.2 Å². The van der Waals surface area contributed by atoms with Crippen LogP contribution in [0.3, 0.4) is 0 Å². The summed E-state index contributed by atoms with van der Waals surface area (Å²) >= 11 is 5.16. The summed E-state index contributed by atoms with van der Waals surface area (Å²) in [6.07, 6.45) is 0. The Kier molecular flexibility index (Phi) is 5.71. The molecule has 0 aliphatic rings. The molecular weight excluding hydrogens is 362 g/mol. The van der Waals surface area contributed by atoms with E-state index >= 15 is 0 Å². The molecule has 3 rings (SSSR count). The number of rotatable bonds is 6. The predicted molar refractivity (Wildman–Crippen MR) is 105 cm³/mol. The highest BCUT2D eigenvalue weighted by atomic mass is 32.1. The molecule has 0 aliphatic carbocycles. The van der Waals surface area contributed by atoms with Gasteiger partial charge in [-0.2, -0.15) is 0 Å². The van der Waals surface area contributed by atoms with Crippen LogP contribution in [0, 0.1) is 25.6 Å². The number of nitrogens with one attached hydrogen (secondary N) is 1. The van der Waals surface area contributed by atoms with Gasteiger partial charge in [0.05, 0.1) is 0 Å². The molecule has 140 valence electrons. The molecule has 0 saturated heterocycles. The van der Waals surface area contributed by atoms with Crippen LogP contribution in [0.15, 0.2) is 46.9 Å². The lowest BCUT2D eigenvalue weighted by atomic mass is 10.1. The number of aromatic nitrogens is 2. The molecule has 7 heteroatoms. The number of ether oxygens (including phenoxy) is 1. The van der Waals surface area contributed by atoms with E-state index in [4.69, 9.17) is 21.4 Å². The van der Waals surface area contributed by atoms with E-state index < -0.39 is 0 Å². The zero-order valence-electron chi connectivity index (χ0n) is 15.5. The molecule has 1 N–H and O–H groups in total. The molecule has 0 unspecified atom stereocenters. The fraction of sp³-hybridized carbons (Fsp3) is 0.250. The lowest BCUT2D eigenvalue weighted by Gasteiger charge is -2.11. The summed E-state index contributed by atoms with van der Waals surface area (Å²) in [5, 5.41) is 7.14. The summed E-state index contributed by atoms with van der Waals surface area (Å²) in [6.45, 7) is 6.00. The maximum Gasteiger partial charge on any atom is 0.287 e. The Morgan fingerprint density at radius 3 is 2.59 bits per heavy atom. The Morgan fingerprint density at radius 2 is 1.89 bits per heavy atom. The van der Waals surface area contributed by atoms with E-state index in [9.17, 15) is 4.79 Å². The van der Waals surface area contributed by atoms with Gasteiger partial charge >= 0.3 is 0 Å². The number of anilines is 1. The Morgan fingerprint density at radius 1 is 1.19 bits per heavy atom. The number of carbonyl (C=O) groups excluding carboxylic acids is 1. The zero-order valence-corrected chi connectivity index (χ0v) is 16.3. The van der Waals surface area contributed by atoms with E-state index in [1.54, 1.807) is 0 Å². The summed E-state index contributed by atoms with van der Waals surface area (Å²) in [4.78, 5) is 12.5. The third kappa shape index (κ3) is 4.83. The highest BCUT2D eigenvalue weighted by Gasteiger charge is 2.12. The molecule has 0 fully saturated rings. The highest BCUT2D eigenvalue weighted by molar-refractivity contribution is 7.71. The van der Waals surface area contributed by atoms with Gasteiger partial charge in [-0.05, 0) is 61.8 Å².